The van der Waals surface area contributed by atoms with E-state index in [-0.39, 0.29) is 16.6 Å². The monoisotopic (exact) mass is 571 g/mol. The minimum Gasteiger partial charge on any atom is -0.483 e. The number of amides is 1. The van der Waals surface area contributed by atoms with Crippen molar-refractivity contribution >= 4 is 81.6 Å². The fourth-order valence-corrected chi connectivity index (χ4v) is 4.28. The van der Waals surface area contributed by atoms with Crippen molar-refractivity contribution < 1.29 is 17.9 Å². The van der Waals surface area contributed by atoms with Gasteiger partial charge in [0, 0.05) is 10.2 Å². The van der Waals surface area contributed by atoms with Crippen LogP contribution in [0.3, 0.4) is 0 Å². The summed E-state index contributed by atoms with van der Waals surface area (Å²) in [4.78, 5) is 12.1. The summed E-state index contributed by atoms with van der Waals surface area (Å²) in [6.07, 6.45) is 0. The first-order valence-corrected chi connectivity index (χ1v) is 11.9. The summed E-state index contributed by atoms with van der Waals surface area (Å²) in [5.74, 6) is 0.0777. The summed E-state index contributed by atoms with van der Waals surface area (Å²) in [5.41, 5.74) is 0.497. The van der Waals surface area contributed by atoms with Gasteiger partial charge in [0.15, 0.2) is 11.7 Å². The molecule has 0 heterocycles. The van der Waals surface area contributed by atoms with Gasteiger partial charge in [-0.1, -0.05) is 28.1 Å². The topological polar surface area (TPSA) is 111 Å². The lowest BCUT2D eigenvalue weighted by atomic mass is 10.1. The third-order valence-corrected chi connectivity index (χ3v) is 6.38. The molecule has 0 radical (unpaired) electrons. The number of halogens is 2. The van der Waals surface area contributed by atoms with Gasteiger partial charge in [0.1, 0.15) is 5.75 Å². The molecule has 1 amide bonds. The Morgan fingerprint density at radius 1 is 1.07 bits per heavy atom. The van der Waals surface area contributed by atoms with Crippen molar-refractivity contribution in [3.05, 3.63) is 63.5 Å². The Hall–Kier alpha value is -2.05. The highest BCUT2D eigenvalue weighted by Gasteiger charge is 2.11. The molecule has 3 aromatic rings. The van der Waals surface area contributed by atoms with Crippen LogP contribution in [0.2, 0.25) is 0 Å². The standard InChI is InChI=1S/C19H15Br2N3O4S2/c20-12-2-7-15-11(9-12)1-8-16(18(15)21)28-10-17(25)24-19(29)23-13-3-5-14(6-4-13)30(22,26)27/h1-9H,10H2,(H2,22,26,27)(H2,23,24,25,29). The van der Waals surface area contributed by atoms with Gasteiger partial charge in [0.2, 0.25) is 10.0 Å². The zero-order valence-corrected chi connectivity index (χ0v) is 20.0. The van der Waals surface area contributed by atoms with Crippen LogP contribution in [0.15, 0.2) is 68.4 Å². The summed E-state index contributed by atoms with van der Waals surface area (Å²) in [5, 5.41) is 12.4. The summed E-state index contributed by atoms with van der Waals surface area (Å²) >= 11 is 12.0. The number of thiocarbonyl (C=S) groups is 1. The molecule has 0 saturated carbocycles. The number of fused-ring (bicyclic) bond motifs is 1. The predicted molar refractivity (Wildman–Crippen MR) is 127 cm³/mol. The van der Waals surface area contributed by atoms with Crippen molar-refractivity contribution in [1.29, 1.82) is 0 Å². The van der Waals surface area contributed by atoms with Crippen LogP contribution < -0.4 is 20.5 Å². The van der Waals surface area contributed by atoms with Crippen LogP contribution in [0.25, 0.3) is 10.8 Å². The Kier molecular flexibility index (Phi) is 7.09. The Labute approximate surface area is 195 Å². The van der Waals surface area contributed by atoms with Gasteiger partial charge in [-0.2, -0.15) is 0 Å². The molecule has 0 unspecified atom stereocenters. The molecule has 3 rings (SSSR count). The van der Waals surface area contributed by atoms with E-state index in [1.165, 1.54) is 24.3 Å². The lowest BCUT2D eigenvalue weighted by Crippen LogP contribution is -2.37. The third-order valence-electron chi connectivity index (χ3n) is 3.93. The number of anilines is 1. The number of hydrogen-bond donors (Lipinski definition) is 3. The van der Waals surface area contributed by atoms with Gasteiger partial charge in [-0.3, -0.25) is 10.1 Å². The highest BCUT2D eigenvalue weighted by atomic mass is 79.9. The maximum Gasteiger partial charge on any atom is 0.264 e. The second kappa shape index (κ2) is 9.40. The number of hydrogen-bond acceptors (Lipinski definition) is 5. The number of rotatable bonds is 5. The Bertz CT molecular complexity index is 1230. The minimum atomic E-state index is -3.77. The van der Waals surface area contributed by atoms with Crippen LogP contribution in [0.1, 0.15) is 0 Å². The summed E-state index contributed by atoms with van der Waals surface area (Å²) < 4.78 is 29.9. The van der Waals surface area contributed by atoms with E-state index in [2.05, 4.69) is 42.5 Å². The van der Waals surface area contributed by atoms with E-state index in [0.717, 1.165) is 19.7 Å². The maximum absolute atomic E-state index is 12.1. The minimum absolute atomic E-state index is 0.0234. The van der Waals surface area contributed by atoms with E-state index in [9.17, 15) is 13.2 Å². The van der Waals surface area contributed by atoms with E-state index in [1.807, 2.05) is 24.3 Å². The van der Waals surface area contributed by atoms with E-state index in [0.29, 0.717) is 11.4 Å². The average molecular weight is 573 g/mol. The van der Waals surface area contributed by atoms with Gasteiger partial charge in [0.25, 0.3) is 5.91 Å². The van der Waals surface area contributed by atoms with Gasteiger partial charge in [0.05, 0.1) is 9.37 Å². The number of nitrogens with two attached hydrogens (primary N) is 1. The Morgan fingerprint density at radius 3 is 2.43 bits per heavy atom. The van der Waals surface area contributed by atoms with Crippen LogP contribution in [0.5, 0.6) is 5.75 Å². The fourth-order valence-electron chi connectivity index (χ4n) is 2.55. The molecular formula is C19H15Br2N3O4S2. The molecule has 0 aliphatic carbocycles. The highest BCUT2D eigenvalue weighted by molar-refractivity contribution is 9.11. The molecule has 7 nitrogen and oxygen atoms in total. The quantitative estimate of drug-likeness (QED) is 0.400. The Balaban J connectivity index is 1.57. The van der Waals surface area contributed by atoms with Crippen molar-refractivity contribution in [2.24, 2.45) is 5.14 Å². The maximum atomic E-state index is 12.1. The molecular weight excluding hydrogens is 558 g/mol. The Morgan fingerprint density at radius 2 is 1.77 bits per heavy atom. The average Bonchev–Trinajstić information content (AvgIpc) is 2.67. The largest absolute Gasteiger partial charge is 0.483 e. The molecule has 0 bridgehead atoms. The second-order valence-electron chi connectivity index (χ2n) is 6.10. The summed E-state index contributed by atoms with van der Waals surface area (Å²) in [6.45, 7) is -0.243. The number of benzene rings is 3. The normalized spacial score (nSPS) is 11.2. The number of carbonyl (C=O) groups is 1. The molecule has 0 aliphatic heterocycles. The van der Waals surface area contributed by atoms with Crippen LogP contribution in [0.4, 0.5) is 5.69 Å². The van der Waals surface area contributed by atoms with Crippen molar-refractivity contribution in [3.8, 4) is 5.75 Å². The van der Waals surface area contributed by atoms with Crippen molar-refractivity contribution in [1.82, 2.24) is 5.32 Å². The molecule has 3 aromatic carbocycles. The van der Waals surface area contributed by atoms with Crippen molar-refractivity contribution in [2.45, 2.75) is 4.90 Å². The molecule has 0 fully saturated rings. The fraction of sp³-hybridized carbons (Fsp3) is 0.0526. The lowest BCUT2D eigenvalue weighted by molar-refractivity contribution is -0.121. The van der Waals surface area contributed by atoms with Crippen molar-refractivity contribution in [2.75, 3.05) is 11.9 Å². The van der Waals surface area contributed by atoms with Crippen LogP contribution in [0, 0.1) is 0 Å². The molecule has 0 aromatic heterocycles. The molecule has 0 spiro atoms. The molecule has 11 heteroatoms. The summed E-state index contributed by atoms with van der Waals surface area (Å²) in [7, 11) is -3.77. The highest BCUT2D eigenvalue weighted by Crippen LogP contribution is 2.34. The first-order chi connectivity index (χ1) is 14.1. The van der Waals surface area contributed by atoms with E-state index in [4.69, 9.17) is 22.1 Å². The number of primary sulfonamides is 1. The first-order valence-electron chi connectivity index (χ1n) is 8.38. The van der Waals surface area contributed by atoms with Crippen LogP contribution >= 0.6 is 44.1 Å². The second-order valence-corrected chi connectivity index (χ2v) is 9.78. The number of sulfonamides is 1. The van der Waals surface area contributed by atoms with Crippen molar-refractivity contribution in [3.63, 3.8) is 0 Å². The summed E-state index contributed by atoms with van der Waals surface area (Å²) in [6, 6.07) is 15.2. The first kappa shape index (κ1) is 22.6. The predicted octanol–water partition coefficient (Wildman–Crippen LogP) is 3.90. The van der Waals surface area contributed by atoms with Gasteiger partial charge >= 0.3 is 0 Å². The van der Waals surface area contributed by atoms with E-state index in [1.54, 1.807) is 6.07 Å². The van der Waals surface area contributed by atoms with Gasteiger partial charge in [-0.25, -0.2) is 13.6 Å². The van der Waals surface area contributed by atoms with E-state index >= 15 is 0 Å². The van der Waals surface area contributed by atoms with Gasteiger partial charge < -0.3 is 10.1 Å². The number of carbonyl (C=O) groups excluding carboxylic acids is 1. The van der Waals surface area contributed by atoms with Gasteiger partial charge in [-0.05, 0) is 81.4 Å². The zero-order valence-electron chi connectivity index (χ0n) is 15.2. The van der Waals surface area contributed by atoms with E-state index < -0.39 is 15.9 Å². The number of nitrogens with one attached hydrogen (secondary N) is 2. The molecule has 0 atom stereocenters. The molecule has 0 aliphatic rings. The molecule has 4 N–H and O–H groups in total. The van der Waals surface area contributed by atoms with Gasteiger partial charge in [-0.15, -0.1) is 0 Å². The third kappa shape index (κ3) is 5.76. The smallest absolute Gasteiger partial charge is 0.264 e. The molecule has 0 saturated heterocycles. The van der Waals surface area contributed by atoms with Crippen LogP contribution in [-0.2, 0) is 14.8 Å². The number of ether oxygens (including phenoxy) is 1. The zero-order chi connectivity index (χ0) is 21.9. The lowest BCUT2D eigenvalue weighted by Gasteiger charge is -2.12. The molecule has 30 heavy (non-hydrogen) atoms. The SMILES string of the molecule is NS(=O)(=O)c1ccc(NC(=S)NC(=O)COc2ccc3cc(Br)ccc3c2Br)cc1. The molecule has 156 valence electrons. The van der Waals surface area contributed by atoms with Crippen LogP contribution in [-0.4, -0.2) is 26.0 Å².